The topological polar surface area (TPSA) is 108 Å². The standard InChI is InChI=1S/C17H15ClF2N6O3/c1-10-16(26(28)29)15(17(19)20)23-25(10)9-14(27)22-13-6-21-24(8-13)7-11-2-4-12(18)5-3-11/h2-6,8,17H,7,9H2,1H3,(H,22,27). The van der Waals surface area contributed by atoms with Gasteiger partial charge in [-0.15, -0.1) is 0 Å². The highest BCUT2D eigenvalue weighted by atomic mass is 35.5. The van der Waals surface area contributed by atoms with Gasteiger partial charge in [-0.1, -0.05) is 23.7 Å². The molecule has 2 heterocycles. The van der Waals surface area contributed by atoms with Gasteiger partial charge in [-0.05, 0) is 24.6 Å². The van der Waals surface area contributed by atoms with Crippen molar-refractivity contribution < 1.29 is 18.5 Å². The van der Waals surface area contributed by atoms with Crippen molar-refractivity contribution in [2.45, 2.75) is 26.4 Å². The first kappa shape index (κ1) is 20.4. The van der Waals surface area contributed by atoms with Gasteiger partial charge in [-0.2, -0.15) is 10.2 Å². The molecule has 1 amide bonds. The first-order chi connectivity index (χ1) is 13.7. The number of hydrogen-bond donors (Lipinski definition) is 1. The van der Waals surface area contributed by atoms with Gasteiger partial charge in [0.05, 0.1) is 23.4 Å². The van der Waals surface area contributed by atoms with E-state index in [1.54, 1.807) is 23.0 Å². The van der Waals surface area contributed by atoms with Gasteiger partial charge in [-0.25, -0.2) is 8.78 Å². The van der Waals surface area contributed by atoms with Crippen molar-refractivity contribution in [3.8, 4) is 0 Å². The smallest absolute Gasteiger partial charge is 0.319 e. The fourth-order valence-corrected chi connectivity index (χ4v) is 2.84. The third-order valence-corrected chi connectivity index (χ3v) is 4.31. The summed E-state index contributed by atoms with van der Waals surface area (Å²) in [5.41, 5.74) is -0.537. The van der Waals surface area contributed by atoms with E-state index in [1.165, 1.54) is 13.1 Å². The molecule has 0 bridgehead atoms. The maximum atomic E-state index is 13.0. The molecule has 2 aromatic heterocycles. The monoisotopic (exact) mass is 424 g/mol. The molecule has 3 rings (SSSR count). The van der Waals surface area contributed by atoms with Gasteiger partial charge in [0, 0.05) is 11.2 Å². The molecule has 0 aliphatic rings. The lowest BCUT2D eigenvalue weighted by atomic mass is 10.2. The maximum absolute atomic E-state index is 13.0. The number of hydrogen-bond acceptors (Lipinski definition) is 5. The highest BCUT2D eigenvalue weighted by Crippen LogP contribution is 2.30. The number of nitro groups is 1. The molecule has 0 aliphatic carbocycles. The van der Waals surface area contributed by atoms with E-state index in [-0.39, 0.29) is 5.69 Å². The molecular formula is C17H15ClF2N6O3. The van der Waals surface area contributed by atoms with Gasteiger partial charge in [-0.3, -0.25) is 24.3 Å². The maximum Gasteiger partial charge on any atom is 0.319 e. The SMILES string of the molecule is Cc1c([N+](=O)[O-])c(C(F)F)nn1CC(=O)Nc1cnn(Cc2ccc(Cl)cc2)c1. The van der Waals surface area contributed by atoms with Crippen molar-refractivity contribution in [1.29, 1.82) is 0 Å². The Hall–Kier alpha value is -3.34. The van der Waals surface area contributed by atoms with Crippen molar-refractivity contribution >= 4 is 28.9 Å². The molecule has 9 nitrogen and oxygen atoms in total. The quantitative estimate of drug-likeness (QED) is 0.460. The van der Waals surface area contributed by atoms with Gasteiger partial charge in [0.2, 0.25) is 11.6 Å². The van der Waals surface area contributed by atoms with Crippen LogP contribution in [-0.4, -0.2) is 30.4 Å². The summed E-state index contributed by atoms with van der Waals surface area (Å²) in [7, 11) is 0. The van der Waals surface area contributed by atoms with Crippen molar-refractivity contribution in [2.75, 3.05) is 5.32 Å². The van der Waals surface area contributed by atoms with Crippen LogP contribution in [0.15, 0.2) is 36.7 Å². The number of amides is 1. The van der Waals surface area contributed by atoms with E-state index in [4.69, 9.17) is 11.6 Å². The molecule has 0 aliphatic heterocycles. The first-order valence-corrected chi connectivity index (χ1v) is 8.69. The number of rotatable bonds is 7. The number of carbonyl (C=O) groups excluding carboxylic acids is 1. The second kappa shape index (κ2) is 8.35. The van der Waals surface area contributed by atoms with Gasteiger partial charge in [0.1, 0.15) is 12.2 Å². The molecular weight excluding hydrogens is 410 g/mol. The Bertz CT molecular complexity index is 1050. The van der Waals surface area contributed by atoms with Crippen LogP contribution in [0.25, 0.3) is 0 Å². The third-order valence-electron chi connectivity index (χ3n) is 4.06. The van der Waals surface area contributed by atoms with Crippen LogP contribution in [0.2, 0.25) is 5.02 Å². The molecule has 0 fully saturated rings. The van der Waals surface area contributed by atoms with Crippen LogP contribution < -0.4 is 5.32 Å². The summed E-state index contributed by atoms with van der Waals surface area (Å²) in [6.45, 7) is 1.26. The fourth-order valence-electron chi connectivity index (χ4n) is 2.71. The molecule has 1 N–H and O–H groups in total. The van der Waals surface area contributed by atoms with E-state index < -0.39 is 35.2 Å². The van der Waals surface area contributed by atoms with E-state index >= 15 is 0 Å². The van der Waals surface area contributed by atoms with E-state index in [9.17, 15) is 23.7 Å². The Kier molecular flexibility index (Phi) is 5.87. The summed E-state index contributed by atoms with van der Waals surface area (Å²) in [5.74, 6) is -0.586. The van der Waals surface area contributed by atoms with E-state index in [0.29, 0.717) is 17.3 Å². The zero-order valence-electron chi connectivity index (χ0n) is 15.1. The molecule has 12 heteroatoms. The summed E-state index contributed by atoms with van der Waals surface area (Å²) in [5, 5.41) is 21.8. The van der Waals surface area contributed by atoms with Crippen LogP contribution in [0.5, 0.6) is 0 Å². The second-order valence-corrected chi connectivity index (χ2v) is 6.57. The minimum atomic E-state index is -3.12. The highest BCUT2D eigenvalue weighted by Gasteiger charge is 2.31. The van der Waals surface area contributed by atoms with Crippen molar-refractivity contribution in [3.05, 3.63) is 68.7 Å². The number of anilines is 1. The third kappa shape index (κ3) is 4.74. The average Bonchev–Trinajstić information content (AvgIpc) is 3.21. The van der Waals surface area contributed by atoms with Crippen LogP contribution in [0.3, 0.4) is 0 Å². The lowest BCUT2D eigenvalue weighted by Crippen LogP contribution is -2.20. The molecule has 0 radical (unpaired) electrons. The van der Waals surface area contributed by atoms with Crippen molar-refractivity contribution in [1.82, 2.24) is 19.6 Å². The zero-order valence-corrected chi connectivity index (χ0v) is 15.8. The lowest BCUT2D eigenvalue weighted by Gasteiger charge is -2.04. The first-order valence-electron chi connectivity index (χ1n) is 8.31. The molecule has 29 heavy (non-hydrogen) atoms. The molecule has 3 aromatic rings. The average molecular weight is 425 g/mol. The minimum absolute atomic E-state index is 0.126. The van der Waals surface area contributed by atoms with E-state index in [1.807, 2.05) is 12.1 Å². The summed E-state index contributed by atoms with van der Waals surface area (Å²) in [6, 6.07) is 7.19. The molecule has 0 atom stereocenters. The largest absolute Gasteiger partial charge is 0.322 e. The Morgan fingerprint density at radius 2 is 2.03 bits per heavy atom. The second-order valence-electron chi connectivity index (χ2n) is 6.14. The number of carbonyl (C=O) groups is 1. The summed E-state index contributed by atoms with van der Waals surface area (Å²) in [4.78, 5) is 22.3. The molecule has 0 spiro atoms. The Labute approximate surface area is 168 Å². The van der Waals surface area contributed by atoms with Crippen LogP contribution in [0.1, 0.15) is 23.4 Å². The van der Waals surface area contributed by atoms with E-state index in [0.717, 1.165) is 10.2 Å². The van der Waals surface area contributed by atoms with Crippen LogP contribution >= 0.6 is 11.6 Å². The molecule has 152 valence electrons. The van der Waals surface area contributed by atoms with Crippen molar-refractivity contribution in [3.63, 3.8) is 0 Å². The molecule has 0 saturated carbocycles. The molecule has 0 unspecified atom stereocenters. The van der Waals surface area contributed by atoms with Gasteiger partial charge in [0.15, 0.2) is 0 Å². The fraction of sp³-hybridized carbons (Fsp3) is 0.235. The number of nitrogens with zero attached hydrogens (tertiary/aromatic N) is 5. The van der Waals surface area contributed by atoms with Crippen molar-refractivity contribution in [2.24, 2.45) is 0 Å². The van der Waals surface area contributed by atoms with Crippen LogP contribution in [-0.2, 0) is 17.9 Å². The molecule has 1 aromatic carbocycles. The van der Waals surface area contributed by atoms with Gasteiger partial charge >= 0.3 is 5.69 Å². The summed E-state index contributed by atoms with van der Waals surface area (Å²) >= 11 is 5.84. The predicted molar refractivity (Wildman–Crippen MR) is 100.0 cm³/mol. The van der Waals surface area contributed by atoms with Gasteiger partial charge < -0.3 is 5.32 Å². The predicted octanol–water partition coefficient (Wildman–Crippen LogP) is 3.57. The van der Waals surface area contributed by atoms with Gasteiger partial charge in [0.25, 0.3) is 6.43 Å². The number of alkyl halides is 2. The molecule has 0 saturated heterocycles. The number of benzene rings is 1. The summed E-state index contributed by atoms with van der Waals surface area (Å²) in [6.07, 6.45) is -0.101. The normalized spacial score (nSPS) is 11.1. The zero-order chi connectivity index (χ0) is 21.1. The van der Waals surface area contributed by atoms with Crippen LogP contribution in [0.4, 0.5) is 20.2 Å². The van der Waals surface area contributed by atoms with Crippen LogP contribution in [0, 0.1) is 17.0 Å². The Morgan fingerprint density at radius 1 is 1.34 bits per heavy atom. The summed E-state index contributed by atoms with van der Waals surface area (Å²) < 4.78 is 28.4. The van der Waals surface area contributed by atoms with E-state index in [2.05, 4.69) is 15.5 Å². The lowest BCUT2D eigenvalue weighted by molar-refractivity contribution is -0.386. The Balaban J connectivity index is 1.67. The Morgan fingerprint density at radius 3 is 2.62 bits per heavy atom. The number of aromatic nitrogens is 4. The number of nitrogens with one attached hydrogen (secondary N) is 1. The number of halogens is 3. The minimum Gasteiger partial charge on any atom is -0.322 e. The highest BCUT2D eigenvalue weighted by molar-refractivity contribution is 6.30.